The molecule has 25 heavy (non-hydrogen) atoms. The summed E-state index contributed by atoms with van der Waals surface area (Å²) in [5.74, 6) is -0.911. The summed E-state index contributed by atoms with van der Waals surface area (Å²) < 4.78 is 6.12. The smallest absolute Gasteiger partial charge is 0.338 e. The Bertz CT molecular complexity index is 962. The van der Waals surface area contributed by atoms with Crippen molar-refractivity contribution >= 4 is 38.6 Å². The number of aromatic nitrogens is 1. The molecule has 0 fully saturated rings. The Labute approximate surface area is 149 Å². The molecule has 3 rings (SSSR count). The predicted octanol–water partition coefficient (Wildman–Crippen LogP) is 4.02. The van der Waals surface area contributed by atoms with E-state index in [-0.39, 0.29) is 6.61 Å². The standard InChI is InChI=1S/C19H18N2O3S/c1-11-7-8-15-16(9-11)25-19(20-15)21-17(22)10-24-18(23)14-6-4-5-12(2)13(14)3/h4-9H,10H2,1-3H3,(H,20,21,22). The number of aryl methyl sites for hydroxylation is 2. The molecule has 0 aliphatic rings. The molecule has 1 amide bonds. The lowest BCUT2D eigenvalue weighted by Gasteiger charge is -2.08. The molecular formula is C19H18N2O3S. The van der Waals surface area contributed by atoms with Crippen LogP contribution < -0.4 is 5.32 Å². The van der Waals surface area contributed by atoms with Gasteiger partial charge in [0.25, 0.3) is 5.91 Å². The van der Waals surface area contributed by atoms with Crippen molar-refractivity contribution in [2.24, 2.45) is 0 Å². The van der Waals surface area contributed by atoms with Crippen molar-refractivity contribution in [2.75, 3.05) is 11.9 Å². The topological polar surface area (TPSA) is 68.3 Å². The van der Waals surface area contributed by atoms with Crippen LogP contribution in [0.15, 0.2) is 36.4 Å². The Balaban J connectivity index is 1.62. The summed E-state index contributed by atoms with van der Waals surface area (Å²) in [6.45, 7) is 5.44. The van der Waals surface area contributed by atoms with Gasteiger partial charge in [-0.1, -0.05) is 29.5 Å². The van der Waals surface area contributed by atoms with E-state index in [9.17, 15) is 9.59 Å². The number of esters is 1. The van der Waals surface area contributed by atoms with Crippen LogP contribution in [-0.4, -0.2) is 23.5 Å². The van der Waals surface area contributed by atoms with Crippen LogP contribution in [0.4, 0.5) is 5.13 Å². The van der Waals surface area contributed by atoms with E-state index in [1.165, 1.54) is 11.3 Å². The predicted molar refractivity (Wildman–Crippen MR) is 99.2 cm³/mol. The Kier molecular flexibility index (Phi) is 4.81. The van der Waals surface area contributed by atoms with Crippen LogP contribution in [-0.2, 0) is 9.53 Å². The second-order valence-electron chi connectivity index (χ2n) is 5.86. The van der Waals surface area contributed by atoms with E-state index in [1.54, 1.807) is 12.1 Å². The highest BCUT2D eigenvalue weighted by Gasteiger charge is 2.14. The number of nitrogens with one attached hydrogen (secondary N) is 1. The molecule has 0 atom stereocenters. The van der Waals surface area contributed by atoms with Gasteiger partial charge in [0, 0.05) is 0 Å². The number of fused-ring (bicyclic) bond motifs is 1. The summed E-state index contributed by atoms with van der Waals surface area (Å²) in [4.78, 5) is 28.5. The Morgan fingerprint density at radius 1 is 1.16 bits per heavy atom. The maximum Gasteiger partial charge on any atom is 0.338 e. The fourth-order valence-corrected chi connectivity index (χ4v) is 3.40. The highest BCUT2D eigenvalue weighted by molar-refractivity contribution is 7.22. The summed E-state index contributed by atoms with van der Waals surface area (Å²) >= 11 is 1.39. The van der Waals surface area contributed by atoms with E-state index in [1.807, 2.05) is 45.0 Å². The maximum atomic E-state index is 12.1. The number of carbonyl (C=O) groups excluding carboxylic acids is 2. The lowest BCUT2D eigenvalue weighted by Crippen LogP contribution is -2.21. The molecular weight excluding hydrogens is 336 g/mol. The van der Waals surface area contributed by atoms with Gasteiger partial charge in [-0.25, -0.2) is 9.78 Å². The van der Waals surface area contributed by atoms with E-state index in [2.05, 4.69) is 10.3 Å². The molecule has 0 bridgehead atoms. The van der Waals surface area contributed by atoms with Crippen LogP contribution in [0.5, 0.6) is 0 Å². The van der Waals surface area contributed by atoms with Crippen molar-refractivity contribution in [2.45, 2.75) is 20.8 Å². The van der Waals surface area contributed by atoms with Crippen molar-refractivity contribution in [1.82, 2.24) is 4.98 Å². The van der Waals surface area contributed by atoms with E-state index in [4.69, 9.17) is 4.74 Å². The van der Waals surface area contributed by atoms with Crippen LogP contribution in [0.3, 0.4) is 0 Å². The SMILES string of the molecule is Cc1ccc2nc(NC(=O)COC(=O)c3cccc(C)c3C)sc2c1. The van der Waals surface area contributed by atoms with Crippen LogP contribution in [0, 0.1) is 20.8 Å². The molecule has 0 radical (unpaired) electrons. The number of carbonyl (C=O) groups is 2. The lowest BCUT2D eigenvalue weighted by atomic mass is 10.0. The number of thiazole rings is 1. The van der Waals surface area contributed by atoms with Crippen molar-refractivity contribution in [1.29, 1.82) is 0 Å². The van der Waals surface area contributed by atoms with Gasteiger partial charge in [-0.2, -0.15) is 0 Å². The largest absolute Gasteiger partial charge is 0.452 e. The van der Waals surface area contributed by atoms with Gasteiger partial charge < -0.3 is 4.74 Å². The van der Waals surface area contributed by atoms with E-state index < -0.39 is 11.9 Å². The number of anilines is 1. The van der Waals surface area contributed by atoms with Gasteiger partial charge in [-0.15, -0.1) is 0 Å². The summed E-state index contributed by atoms with van der Waals surface area (Å²) in [7, 11) is 0. The summed E-state index contributed by atoms with van der Waals surface area (Å²) in [5.41, 5.74) is 4.30. The molecule has 0 aliphatic heterocycles. The second kappa shape index (κ2) is 7.03. The third kappa shape index (κ3) is 3.85. The van der Waals surface area contributed by atoms with Crippen molar-refractivity contribution in [3.63, 3.8) is 0 Å². The van der Waals surface area contributed by atoms with Gasteiger partial charge in [-0.3, -0.25) is 10.1 Å². The van der Waals surface area contributed by atoms with E-state index in [0.29, 0.717) is 10.7 Å². The number of nitrogens with zero attached hydrogens (tertiary/aromatic N) is 1. The molecule has 1 aromatic heterocycles. The summed E-state index contributed by atoms with van der Waals surface area (Å²) in [6.07, 6.45) is 0. The molecule has 128 valence electrons. The van der Waals surface area contributed by atoms with Gasteiger partial charge in [0.05, 0.1) is 15.8 Å². The third-order valence-electron chi connectivity index (χ3n) is 3.95. The number of benzene rings is 2. The first-order valence-corrected chi connectivity index (χ1v) is 8.66. The van der Waals surface area contributed by atoms with Crippen LogP contribution in [0.1, 0.15) is 27.0 Å². The molecule has 2 aromatic carbocycles. The highest BCUT2D eigenvalue weighted by atomic mass is 32.1. The fraction of sp³-hybridized carbons (Fsp3) is 0.211. The average Bonchev–Trinajstić information content (AvgIpc) is 2.96. The third-order valence-corrected chi connectivity index (χ3v) is 4.88. The average molecular weight is 354 g/mol. The minimum atomic E-state index is -0.503. The molecule has 0 unspecified atom stereocenters. The molecule has 3 aromatic rings. The number of rotatable bonds is 4. The first-order chi connectivity index (χ1) is 11.9. The van der Waals surface area contributed by atoms with Gasteiger partial charge in [0.1, 0.15) is 0 Å². The zero-order chi connectivity index (χ0) is 18.0. The van der Waals surface area contributed by atoms with E-state index in [0.717, 1.165) is 26.9 Å². The van der Waals surface area contributed by atoms with Crippen LogP contribution in [0.25, 0.3) is 10.2 Å². The first-order valence-electron chi connectivity index (χ1n) is 7.84. The Morgan fingerprint density at radius 3 is 2.76 bits per heavy atom. The van der Waals surface area contributed by atoms with Crippen molar-refractivity contribution in [3.05, 3.63) is 58.7 Å². The number of hydrogen-bond donors (Lipinski definition) is 1. The number of amides is 1. The molecule has 6 heteroatoms. The summed E-state index contributed by atoms with van der Waals surface area (Å²) in [6, 6.07) is 11.3. The van der Waals surface area contributed by atoms with Crippen LogP contribution in [0.2, 0.25) is 0 Å². The molecule has 5 nitrogen and oxygen atoms in total. The monoisotopic (exact) mass is 354 g/mol. The lowest BCUT2D eigenvalue weighted by molar-refractivity contribution is -0.119. The Morgan fingerprint density at radius 2 is 1.96 bits per heavy atom. The zero-order valence-electron chi connectivity index (χ0n) is 14.3. The van der Waals surface area contributed by atoms with Gasteiger partial charge >= 0.3 is 5.97 Å². The normalized spacial score (nSPS) is 10.7. The van der Waals surface area contributed by atoms with Crippen molar-refractivity contribution in [3.8, 4) is 0 Å². The van der Waals surface area contributed by atoms with Gasteiger partial charge in [-0.05, 0) is 55.7 Å². The molecule has 0 aliphatic carbocycles. The molecule has 0 spiro atoms. The van der Waals surface area contributed by atoms with Gasteiger partial charge in [0.15, 0.2) is 11.7 Å². The Hall–Kier alpha value is -2.73. The van der Waals surface area contributed by atoms with Gasteiger partial charge in [0.2, 0.25) is 0 Å². The number of ether oxygens (including phenoxy) is 1. The fourth-order valence-electron chi connectivity index (χ4n) is 2.42. The first kappa shape index (κ1) is 17.1. The second-order valence-corrected chi connectivity index (χ2v) is 6.89. The minimum Gasteiger partial charge on any atom is -0.452 e. The molecule has 0 saturated heterocycles. The molecule has 1 heterocycles. The van der Waals surface area contributed by atoms with E-state index >= 15 is 0 Å². The quantitative estimate of drug-likeness (QED) is 0.719. The summed E-state index contributed by atoms with van der Waals surface area (Å²) in [5, 5.41) is 3.17. The molecule has 1 N–H and O–H groups in total. The zero-order valence-corrected chi connectivity index (χ0v) is 15.1. The highest BCUT2D eigenvalue weighted by Crippen LogP contribution is 2.26. The molecule has 0 saturated carbocycles. The maximum absolute atomic E-state index is 12.1. The van der Waals surface area contributed by atoms with Crippen molar-refractivity contribution < 1.29 is 14.3 Å². The number of hydrogen-bond acceptors (Lipinski definition) is 5. The minimum absolute atomic E-state index is 0.346. The van der Waals surface area contributed by atoms with Crippen LogP contribution >= 0.6 is 11.3 Å².